The van der Waals surface area contributed by atoms with Crippen LogP contribution in [0.5, 0.6) is 0 Å². The van der Waals surface area contributed by atoms with Gasteiger partial charge in [0.1, 0.15) is 12.7 Å². The zero-order valence-electron chi connectivity index (χ0n) is 7.06. The average Bonchev–Trinajstić information content (AvgIpc) is 2.67. The molecule has 2 atom stereocenters. The van der Waals surface area contributed by atoms with Crippen molar-refractivity contribution in [2.75, 3.05) is 6.54 Å². The van der Waals surface area contributed by atoms with Crippen LogP contribution in [-0.4, -0.2) is 21.3 Å². The number of aryl methyl sites for hydroxylation is 1. The summed E-state index contributed by atoms with van der Waals surface area (Å²) in [6, 6.07) is 0. The van der Waals surface area contributed by atoms with Crippen LogP contribution in [0.2, 0.25) is 0 Å². The van der Waals surface area contributed by atoms with Crippen molar-refractivity contribution in [2.45, 2.75) is 19.4 Å². The van der Waals surface area contributed by atoms with E-state index in [9.17, 15) is 0 Å². The highest BCUT2D eigenvalue weighted by molar-refractivity contribution is 4.86. The summed E-state index contributed by atoms with van der Waals surface area (Å²) in [5, 5.41) is 4.04. The van der Waals surface area contributed by atoms with Gasteiger partial charge in [0.2, 0.25) is 0 Å². The highest BCUT2D eigenvalue weighted by atomic mass is 15.3. The molecule has 0 bridgehead atoms. The Labute approximate surface area is 71.8 Å². The molecule has 0 aromatic carbocycles. The quantitative estimate of drug-likeness (QED) is 0.698. The second-order valence-electron chi connectivity index (χ2n) is 3.44. The molecule has 1 heterocycles. The third-order valence-corrected chi connectivity index (χ3v) is 2.57. The van der Waals surface area contributed by atoms with Gasteiger partial charge in [-0.3, -0.25) is 4.68 Å². The molecule has 0 saturated heterocycles. The molecular formula is C8H14N4. The SMILES string of the molecule is NC[C@@H]1C[C@H]1CCn1cncn1. The van der Waals surface area contributed by atoms with Crippen molar-refractivity contribution in [3.05, 3.63) is 12.7 Å². The summed E-state index contributed by atoms with van der Waals surface area (Å²) in [5.74, 6) is 1.63. The largest absolute Gasteiger partial charge is 0.330 e. The number of hydrogen-bond donors (Lipinski definition) is 1. The minimum absolute atomic E-state index is 0.786. The van der Waals surface area contributed by atoms with E-state index in [0.29, 0.717) is 0 Å². The zero-order valence-corrected chi connectivity index (χ0v) is 7.06. The van der Waals surface area contributed by atoms with Crippen molar-refractivity contribution in [2.24, 2.45) is 17.6 Å². The van der Waals surface area contributed by atoms with Crippen molar-refractivity contribution >= 4 is 0 Å². The monoisotopic (exact) mass is 166 g/mol. The summed E-state index contributed by atoms with van der Waals surface area (Å²) < 4.78 is 1.88. The Morgan fingerprint density at radius 2 is 2.42 bits per heavy atom. The van der Waals surface area contributed by atoms with E-state index in [2.05, 4.69) is 10.1 Å². The van der Waals surface area contributed by atoms with Gasteiger partial charge in [-0.15, -0.1) is 0 Å². The molecule has 0 spiro atoms. The van der Waals surface area contributed by atoms with E-state index in [-0.39, 0.29) is 0 Å². The standard InChI is InChI=1S/C8H14N4/c9-4-8-3-7(8)1-2-12-6-10-5-11-12/h5-8H,1-4,9H2/t7-,8+/m1/s1. The number of hydrogen-bond acceptors (Lipinski definition) is 3. The Kier molecular flexibility index (Phi) is 2.08. The molecule has 1 aromatic rings. The van der Waals surface area contributed by atoms with Crippen LogP contribution in [0, 0.1) is 11.8 Å². The third-order valence-electron chi connectivity index (χ3n) is 2.57. The van der Waals surface area contributed by atoms with Gasteiger partial charge in [-0.05, 0) is 31.2 Å². The number of nitrogens with two attached hydrogens (primary N) is 1. The summed E-state index contributed by atoms with van der Waals surface area (Å²) in [6.45, 7) is 1.84. The van der Waals surface area contributed by atoms with Gasteiger partial charge in [-0.25, -0.2) is 4.98 Å². The number of rotatable bonds is 4. The maximum absolute atomic E-state index is 5.54. The molecule has 66 valence electrons. The molecule has 1 aromatic heterocycles. The van der Waals surface area contributed by atoms with Gasteiger partial charge in [0.05, 0.1) is 0 Å². The molecule has 1 fully saturated rings. The van der Waals surface area contributed by atoms with E-state index in [1.165, 1.54) is 12.8 Å². The van der Waals surface area contributed by atoms with Crippen LogP contribution in [0.15, 0.2) is 12.7 Å². The van der Waals surface area contributed by atoms with Gasteiger partial charge >= 0.3 is 0 Å². The maximum atomic E-state index is 5.54. The lowest BCUT2D eigenvalue weighted by atomic mass is 10.2. The molecule has 0 amide bonds. The highest BCUT2D eigenvalue weighted by Crippen LogP contribution is 2.40. The van der Waals surface area contributed by atoms with E-state index in [0.717, 1.165) is 24.9 Å². The third kappa shape index (κ3) is 1.64. The Bertz CT molecular complexity index is 231. The van der Waals surface area contributed by atoms with Crippen molar-refractivity contribution in [1.82, 2.24) is 14.8 Å². The normalized spacial score (nSPS) is 27.4. The van der Waals surface area contributed by atoms with Crippen molar-refractivity contribution in [1.29, 1.82) is 0 Å². The highest BCUT2D eigenvalue weighted by Gasteiger charge is 2.34. The number of aromatic nitrogens is 3. The first-order valence-electron chi connectivity index (χ1n) is 4.42. The molecule has 0 aliphatic heterocycles. The molecular weight excluding hydrogens is 152 g/mol. The van der Waals surface area contributed by atoms with Crippen molar-refractivity contribution in [3.63, 3.8) is 0 Å². The fourth-order valence-electron chi connectivity index (χ4n) is 1.60. The van der Waals surface area contributed by atoms with Crippen LogP contribution in [0.4, 0.5) is 0 Å². The van der Waals surface area contributed by atoms with Gasteiger partial charge < -0.3 is 5.73 Å². The fourth-order valence-corrected chi connectivity index (χ4v) is 1.60. The molecule has 2 rings (SSSR count). The lowest BCUT2D eigenvalue weighted by Crippen LogP contribution is -2.04. The molecule has 2 N–H and O–H groups in total. The van der Waals surface area contributed by atoms with Crippen LogP contribution in [0.25, 0.3) is 0 Å². The Balaban J connectivity index is 1.71. The minimum Gasteiger partial charge on any atom is -0.330 e. The molecule has 4 heteroatoms. The van der Waals surface area contributed by atoms with Crippen LogP contribution in [-0.2, 0) is 6.54 Å². The smallest absolute Gasteiger partial charge is 0.137 e. The van der Waals surface area contributed by atoms with Crippen LogP contribution >= 0.6 is 0 Å². The predicted molar refractivity (Wildman–Crippen MR) is 45.3 cm³/mol. The van der Waals surface area contributed by atoms with E-state index >= 15 is 0 Å². The second-order valence-corrected chi connectivity index (χ2v) is 3.44. The van der Waals surface area contributed by atoms with E-state index in [1.54, 1.807) is 12.7 Å². The first-order chi connectivity index (χ1) is 5.90. The van der Waals surface area contributed by atoms with Crippen molar-refractivity contribution < 1.29 is 0 Å². The average molecular weight is 166 g/mol. The summed E-state index contributed by atoms with van der Waals surface area (Å²) in [5.41, 5.74) is 5.54. The molecule has 0 unspecified atom stereocenters. The van der Waals surface area contributed by atoms with E-state index in [4.69, 9.17) is 5.73 Å². The van der Waals surface area contributed by atoms with E-state index in [1.807, 2.05) is 4.68 Å². The molecule has 12 heavy (non-hydrogen) atoms. The first kappa shape index (κ1) is 7.73. The predicted octanol–water partition coefficient (Wildman–Crippen LogP) is 0.263. The summed E-state index contributed by atoms with van der Waals surface area (Å²) >= 11 is 0. The fraction of sp³-hybridized carbons (Fsp3) is 0.750. The first-order valence-corrected chi connectivity index (χ1v) is 4.42. The van der Waals surface area contributed by atoms with Gasteiger partial charge in [-0.1, -0.05) is 0 Å². The lowest BCUT2D eigenvalue weighted by Gasteiger charge is -1.98. The topological polar surface area (TPSA) is 56.7 Å². The minimum atomic E-state index is 0.786. The molecule has 1 aliphatic carbocycles. The van der Waals surface area contributed by atoms with Gasteiger partial charge in [-0.2, -0.15) is 5.10 Å². The summed E-state index contributed by atoms with van der Waals surface area (Å²) in [7, 11) is 0. The second kappa shape index (κ2) is 3.23. The Morgan fingerprint density at radius 3 is 3.00 bits per heavy atom. The van der Waals surface area contributed by atoms with Gasteiger partial charge in [0.25, 0.3) is 0 Å². The zero-order chi connectivity index (χ0) is 8.39. The van der Waals surface area contributed by atoms with Crippen LogP contribution in [0.1, 0.15) is 12.8 Å². The van der Waals surface area contributed by atoms with E-state index < -0.39 is 0 Å². The molecule has 0 radical (unpaired) electrons. The Morgan fingerprint density at radius 1 is 1.50 bits per heavy atom. The summed E-state index contributed by atoms with van der Waals surface area (Å²) in [6.07, 6.45) is 5.85. The van der Waals surface area contributed by atoms with Gasteiger partial charge in [0.15, 0.2) is 0 Å². The Hall–Kier alpha value is -0.900. The van der Waals surface area contributed by atoms with Crippen molar-refractivity contribution in [3.8, 4) is 0 Å². The summed E-state index contributed by atoms with van der Waals surface area (Å²) in [4.78, 5) is 3.89. The van der Waals surface area contributed by atoms with Crippen LogP contribution in [0.3, 0.4) is 0 Å². The van der Waals surface area contributed by atoms with Gasteiger partial charge in [0, 0.05) is 6.54 Å². The lowest BCUT2D eigenvalue weighted by molar-refractivity contribution is 0.524. The molecule has 1 saturated carbocycles. The molecule has 4 nitrogen and oxygen atoms in total. The van der Waals surface area contributed by atoms with Crippen LogP contribution < -0.4 is 5.73 Å². The maximum Gasteiger partial charge on any atom is 0.137 e. The number of nitrogens with zero attached hydrogens (tertiary/aromatic N) is 3. The molecule has 1 aliphatic rings.